The van der Waals surface area contributed by atoms with Crippen molar-refractivity contribution >= 4 is 23.1 Å². The molecule has 0 unspecified atom stereocenters. The number of halogens is 1. The first-order valence-corrected chi connectivity index (χ1v) is 10.4. The lowest BCUT2D eigenvalue weighted by Crippen LogP contribution is -2.16. The topological polar surface area (TPSA) is 74.6 Å². The van der Waals surface area contributed by atoms with Crippen LogP contribution in [0.1, 0.15) is 21.6 Å². The summed E-state index contributed by atoms with van der Waals surface area (Å²) >= 11 is 0. The number of amides is 1. The summed E-state index contributed by atoms with van der Waals surface area (Å²) in [4.78, 5) is 23.8. The lowest BCUT2D eigenvalue weighted by molar-refractivity contribution is 0.0966. The summed E-state index contributed by atoms with van der Waals surface area (Å²) in [5.74, 6) is 0.228. The molecule has 0 saturated heterocycles. The first-order valence-electron chi connectivity index (χ1n) is 10.4. The van der Waals surface area contributed by atoms with Crippen LogP contribution in [-0.4, -0.2) is 45.8 Å². The Morgan fingerprint density at radius 3 is 2.94 bits per heavy atom. The van der Waals surface area contributed by atoms with Gasteiger partial charge in [0.1, 0.15) is 17.3 Å². The Labute approximate surface area is 184 Å². The predicted octanol–water partition coefficient (Wildman–Crippen LogP) is 3.63. The molecule has 1 aromatic carbocycles. The Kier molecular flexibility index (Phi) is 5.07. The Balaban J connectivity index is 1.51. The number of likely N-dealkylation sites (N-methyl/N-ethyl adjacent to an activating group) is 1. The average Bonchev–Trinajstić information content (AvgIpc) is 3.37. The lowest BCUT2D eigenvalue weighted by atomic mass is 9.99. The van der Waals surface area contributed by atoms with Crippen molar-refractivity contribution in [3.63, 3.8) is 0 Å². The third kappa shape index (κ3) is 3.69. The SMILES string of the molecule is CN(C)CCc1cccc(Nc2ccc(-c3cnc4cc(F)ccn34)c3c2C(=O)NC3)n1. The molecule has 0 bridgehead atoms. The number of aromatic nitrogens is 3. The molecular formula is C24H23FN6O. The van der Waals surface area contributed by atoms with Crippen molar-refractivity contribution in [2.24, 2.45) is 0 Å². The van der Waals surface area contributed by atoms with Crippen LogP contribution in [0.2, 0.25) is 0 Å². The van der Waals surface area contributed by atoms with Gasteiger partial charge in [0, 0.05) is 43.0 Å². The van der Waals surface area contributed by atoms with Crippen LogP contribution < -0.4 is 10.6 Å². The van der Waals surface area contributed by atoms with Gasteiger partial charge in [-0.1, -0.05) is 12.1 Å². The standard InChI is InChI=1S/C24H23FN6O/c1-30(2)10-9-16-4-3-5-21(28-16)29-19-7-6-17(18-13-27-24(32)23(18)19)20-14-26-22-12-15(25)8-11-31(20)22/h3-8,11-12,14H,9-10,13H2,1-2H3,(H,27,32)(H,28,29). The Bertz CT molecular complexity index is 1330. The maximum atomic E-state index is 13.6. The van der Waals surface area contributed by atoms with E-state index >= 15 is 0 Å². The van der Waals surface area contributed by atoms with E-state index in [9.17, 15) is 9.18 Å². The lowest BCUT2D eigenvalue weighted by Gasteiger charge is -2.14. The molecule has 1 amide bonds. The van der Waals surface area contributed by atoms with Crippen LogP contribution >= 0.6 is 0 Å². The zero-order valence-corrected chi connectivity index (χ0v) is 17.9. The molecule has 2 N–H and O–H groups in total. The van der Waals surface area contributed by atoms with Gasteiger partial charge in [-0.25, -0.2) is 14.4 Å². The molecule has 3 aromatic heterocycles. The monoisotopic (exact) mass is 430 g/mol. The zero-order chi connectivity index (χ0) is 22.2. The summed E-state index contributed by atoms with van der Waals surface area (Å²) in [5, 5.41) is 6.24. The molecule has 1 aliphatic heterocycles. The molecule has 0 atom stereocenters. The van der Waals surface area contributed by atoms with Crippen molar-refractivity contribution in [3.05, 3.63) is 77.5 Å². The molecule has 8 heteroatoms. The molecule has 4 aromatic rings. The molecule has 0 fully saturated rings. The second kappa shape index (κ2) is 8.05. The van der Waals surface area contributed by atoms with Crippen molar-refractivity contribution < 1.29 is 9.18 Å². The minimum absolute atomic E-state index is 0.132. The molecule has 0 radical (unpaired) electrons. The summed E-state index contributed by atoms with van der Waals surface area (Å²) < 4.78 is 15.4. The molecule has 32 heavy (non-hydrogen) atoms. The molecule has 0 spiro atoms. The van der Waals surface area contributed by atoms with Gasteiger partial charge < -0.3 is 15.5 Å². The predicted molar refractivity (Wildman–Crippen MR) is 122 cm³/mol. The van der Waals surface area contributed by atoms with Crippen LogP contribution in [0.25, 0.3) is 16.9 Å². The van der Waals surface area contributed by atoms with Gasteiger partial charge in [0.05, 0.1) is 23.1 Å². The number of fused-ring (bicyclic) bond motifs is 2. The summed E-state index contributed by atoms with van der Waals surface area (Å²) in [7, 11) is 4.07. The van der Waals surface area contributed by atoms with Crippen molar-refractivity contribution in [2.75, 3.05) is 26.0 Å². The summed E-state index contributed by atoms with van der Waals surface area (Å²) in [6, 6.07) is 12.5. The zero-order valence-electron chi connectivity index (χ0n) is 17.9. The summed E-state index contributed by atoms with van der Waals surface area (Å²) in [6.07, 6.45) is 4.20. The van der Waals surface area contributed by atoms with Crippen molar-refractivity contribution in [1.82, 2.24) is 24.6 Å². The van der Waals surface area contributed by atoms with E-state index in [4.69, 9.17) is 4.98 Å². The number of hydrogen-bond donors (Lipinski definition) is 2. The van der Waals surface area contributed by atoms with E-state index in [1.165, 1.54) is 12.1 Å². The van der Waals surface area contributed by atoms with Gasteiger partial charge in [-0.3, -0.25) is 9.20 Å². The highest BCUT2D eigenvalue weighted by molar-refractivity contribution is 6.06. The van der Waals surface area contributed by atoms with E-state index in [0.717, 1.165) is 35.5 Å². The van der Waals surface area contributed by atoms with Gasteiger partial charge in [0.2, 0.25) is 0 Å². The quantitative estimate of drug-likeness (QED) is 0.489. The molecule has 1 aliphatic rings. The van der Waals surface area contributed by atoms with Gasteiger partial charge in [-0.05, 0) is 43.9 Å². The van der Waals surface area contributed by atoms with Crippen molar-refractivity contribution in [1.29, 1.82) is 0 Å². The van der Waals surface area contributed by atoms with E-state index in [1.807, 2.05) is 48.8 Å². The second-order valence-electron chi connectivity index (χ2n) is 8.11. The van der Waals surface area contributed by atoms with Gasteiger partial charge in [-0.2, -0.15) is 0 Å². The number of nitrogens with one attached hydrogen (secondary N) is 2. The molecule has 5 rings (SSSR count). The number of imidazole rings is 1. The first kappa shape index (κ1) is 20.1. The van der Waals surface area contributed by atoms with Crippen molar-refractivity contribution in [2.45, 2.75) is 13.0 Å². The van der Waals surface area contributed by atoms with Gasteiger partial charge in [0.25, 0.3) is 5.91 Å². The molecule has 0 aliphatic carbocycles. The molecule has 162 valence electrons. The maximum absolute atomic E-state index is 13.6. The Hall–Kier alpha value is -3.78. The number of pyridine rings is 2. The van der Waals surface area contributed by atoms with Crippen LogP contribution in [0.3, 0.4) is 0 Å². The minimum Gasteiger partial charge on any atom is -0.348 e. The largest absolute Gasteiger partial charge is 0.348 e. The number of benzene rings is 1. The van der Waals surface area contributed by atoms with E-state index < -0.39 is 0 Å². The molecule has 0 saturated carbocycles. The third-order valence-electron chi connectivity index (χ3n) is 5.60. The number of carbonyl (C=O) groups excluding carboxylic acids is 1. The first-order chi connectivity index (χ1) is 15.5. The number of rotatable bonds is 6. The number of nitrogens with zero attached hydrogens (tertiary/aromatic N) is 4. The third-order valence-corrected chi connectivity index (χ3v) is 5.60. The van der Waals surface area contributed by atoms with Crippen molar-refractivity contribution in [3.8, 4) is 11.3 Å². The maximum Gasteiger partial charge on any atom is 0.254 e. The minimum atomic E-state index is -0.336. The molecule has 4 heterocycles. The highest BCUT2D eigenvalue weighted by atomic mass is 19.1. The average molecular weight is 430 g/mol. The van der Waals surface area contributed by atoms with E-state index in [-0.39, 0.29) is 11.7 Å². The van der Waals surface area contributed by atoms with Gasteiger partial charge in [-0.15, -0.1) is 0 Å². The van der Waals surface area contributed by atoms with Crippen LogP contribution in [0.15, 0.2) is 54.9 Å². The smallest absolute Gasteiger partial charge is 0.254 e. The highest BCUT2D eigenvalue weighted by Crippen LogP contribution is 2.35. The van der Waals surface area contributed by atoms with Crippen LogP contribution in [0.5, 0.6) is 0 Å². The Morgan fingerprint density at radius 1 is 1.22 bits per heavy atom. The normalized spacial score (nSPS) is 12.9. The second-order valence-corrected chi connectivity index (χ2v) is 8.11. The fourth-order valence-corrected chi connectivity index (χ4v) is 4.01. The fraction of sp³-hybridized carbons (Fsp3) is 0.208. The van der Waals surface area contributed by atoms with Crippen LogP contribution in [-0.2, 0) is 13.0 Å². The van der Waals surface area contributed by atoms with Gasteiger partial charge >= 0.3 is 0 Å². The highest BCUT2D eigenvalue weighted by Gasteiger charge is 2.27. The fourth-order valence-electron chi connectivity index (χ4n) is 4.01. The number of hydrogen-bond acceptors (Lipinski definition) is 5. The van der Waals surface area contributed by atoms with E-state index in [0.29, 0.717) is 29.3 Å². The number of carbonyl (C=O) groups is 1. The molecular weight excluding hydrogens is 407 g/mol. The number of anilines is 2. The van der Waals surface area contributed by atoms with Crippen LogP contribution in [0, 0.1) is 5.82 Å². The summed E-state index contributed by atoms with van der Waals surface area (Å²) in [5.41, 5.74) is 5.39. The summed E-state index contributed by atoms with van der Waals surface area (Å²) in [6.45, 7) is 1.33. The van der Waals surface area contributed by atoms with Gasteiger partial charge in [0.15, 0.2) is 0 Å². The molecule has 7 nitrogen and oxygen atoms in total. The Morgan fingerprint density at radius 2 is 2.09 bits per heavy atom. The van der Waals surface area contributed by atoms with E-state index in [1.54, 1.807) is 12.4 Å². The van der Waals surface area contributed by atoms with E-state index in [2.05, 4.69) is 20.5 Å². The van der Waals surface area contributed by atoms with Crippen LogP contribution in [0.4, 0.5) is 15.9 Å².